The Hall–Kier alpha value is -1.42. The summed E-state index contributed by atoms with van der Waals surface area (Å²) in [5, 5.41) is 0. The number of benzene rings is 1. The number of rotatable bonds is 5. The van der Waals surface area contributed by atoms with Crippen LogP contribution in [0.2, 0.25) is 0 Å². The molecule has 1 atom stereocenters. The highest BCUT2D eigenvalue weighted by Crippen LogP contribution is 2.49. The van der Waals surface area contributed by atoms with Crippen molar-refractivity contribution in [2.45, 2.75) is 37.7 Å². The molecule has 3 nitrogen and oxygen atoms in total. The molecule has 1 aromatic carbocycles. The van der Waals surface area contributed by atoms with Crippen molar-refractivity contribution in [3.63, 3.8) is 0 Å². The van der Waals surface area contributed by atoms with Crippen LogP contribution >= 0.6 is 0 Å². The van der Waals surface area contributed by atoms with E-state index in [1.807, 2.05) is 6.07 Å². The minimum atomic E-state index is -0.266. The van der Waals surface area contributed by atoms with E-state index in [9.17, 15) is 9.18 Å². The SMILES string of the molecule is O=C(CCc1cccc(F)c1)OC1([C@H]2CCOC2)CC1. The number of carbonyl (C=O) groups is 1. The molecule has 1 heterocycles. The molecular formula is C16H19FO3. The summed E-state index contributed by atoms with van der Waals surface area (Å²) in [6.07, 6.45) is 3.71. The Bertz CT molecular complexity index is 490. The van der Waals surface area contributed by atoms with Gasteiger partial charge in [-0.3, -0.25) is 4.79 Å². The molecule has 0 aromatic heterocycles. The van der Waals surface area contributed by atoms with Crippen molar-refractivity contribution in [1.82, 2.24) is 0 Å². The van der Waals surface area contributed by atoms with Crippen LogP contribution in [0.4, 0.5) is 4.39 Å². The van der Waals surface area contributed by atoms with E-state index >= 15 is 0 Å². The Kier molecular flexibility index (Phi) is 3.74. The average molecular weight is 278 g/mol. The Morgan fingerprint density at radius 1 is 1.45 bits per heavy atom. The van der Waals surface area contributed by atoms with Crippen LogP contribution in [-0.2, 0) is 20.7 Å². The molecule has 1 saturated carbocycles. The molecule has 1 aromatic rings. The number of hydrogen-bond donors (Lipinski definition) is 0. The average Bonchev–Trinajstić information content (AvgIpc) is 3.00. The molecule has 0 amide bonds. The Morgan fingerprint density at radius 3 is 2.95 bits per heavy atom. The summed E-state index contributed by atoms with van der Waals surface area (Å²) in [5.74, 6) is -0.0862. The van der Waals surface area contributed by atoms with Gasteiger partial charge in [0, 0.05) is 18.9 Å². The zero-order valence-corrected chi connectivity index (χ0v) is 11.4. The second kappa shape index (κ2) is 5.52. The van der Waals surface area contributed by atoms with Crippen LogP contribution in [0.5, 0.6) is 0 Å². The van der Waals surface area contributed by atoms with E-state index < -0.39 is 0 Å². The van der Waals surface area contributed by atoms with Gasteiger partial charge >= 0.3 is 5.97 Å². The summed E-state index contributed by atoms with van der Waals surface area (Å²) < 4.78 is 24.1. The molecule has 1 saturated heterocycles. The lowest BCUT2D eigenvalue weighted by atomic mass is 9.99. The molecule has 1 aliphatic carbocycles. The summed E-state index contributed by atoms with van der Waals surface area (Å²) in [6.45, 7) is 1.48. The van der Waals surface area contributed by atoms with Crippen molar-refractivity contribution < 1.29 is 18.7 Å². The highest BCUT2D eigenvalue weighted by molar-refractivity contribution is 5.70. The van der Waals surface area contributed by atoms with Gasteiger partial charge in [0.2, 0.25) is 0 Å². The zero-order chi connectivity index (χ0) is 14.0. The number of carbonyl (C=O) groups excluding carboxylic acids is 1. The van der Waals surface area contributed by atoms with Gasteiger partial charge in [-0.1, -0.05) is 12.1 Å². The van der Waals surface area contributed by atoms with Gasteiger partial charge in [-0.05, 0) is 43.4 Å². The van der Waals surface area contributed by atoms with Crippen molar-refractivity contribution in [3.8, 4) is 0 Å². The highest BCUT2D eigenvalue weighted by atomic mass is 19.1. The van der Waals surface area contributed by atoms with Gasteiger partial charge in [-0.2, -0.15) is 0 Å². The fourth-order valence-corrected chi connectivity index (χ4v) is 2.88. The van der Waals surface area contributed by atoms with Crippen LogP contribution in [-0.4, -0.2) is 24.8 Å². The van der Waals surface area contributed by atoms with Gasteiger partial charge < -0.3 is 9.47 Å². The molecule has 20 heavy (non-hydrogen) atoms. The highest BCUT2D eigenvalue weighted by Gasteiger charge is 2.53. The Labute approximate surface area is 118 Å². The van der Waals surface area contributed by atoms with Gasteiger partial charge in [0.15, 0.2) is 0 Å². The van der Waals surface area contributed by atoms with Gasteiger partial charge in [0.05, 0.1) is 6.61 Å². The van der Waals surface area contributed by atoms with Gasteiger partial charge in [0.25, 0.3) is 0 Å². The predicted octanol–water partition coefficient (Wildman–Crippen LogP) is 2.87. The fourth-order valence-electron chi connectivity index (χ4n) is 2.88. The molecule has 0 radical (unpaired) electrons. The van der Waals surface area contributed by atoms with Crippen LogP contribution < -0.4 is 0 Å². The van der Waals surface area contributed by atoms with E-state index in [4.69, 9.17) is 9.47 Å². The van der Waals surface area contributed by atoms with Crippen molar-refractivity contribution in [2.24, 2.45) is 5.92 Å². The van der Waals surface area contributed by atoms with E-state index in [1.165, 1.54) is 12.1 Å². The van der Waals surface area contributed by atoms with Gasteiger partial charge in [0.1, 0.15) is 11.4 Å². The molecule has 0 N–H and O–H groups in total. The molecular weight excluding hydrogens is 259 g/mol. The quantitative estimate of drug-likeness (QED) is 0.777. The van der Waals surface area contributed by atoms with Crippen LogP contribution in [0.25, 0.3) is 0 Å². The lowest BCUT2D eigenvalue weighted by Gasteiger charge is -2.22. The summed E-state index contributed by atoms with van der Waals surface area (Å²) in [6, 6.07) is 6.36. The lowest BCUT2D eigenvalue weighted by molar-refractivity contribution is -0.154. The van der Waals surface area contributed by atoms with Crippen molar-refractivity contribution in [3.05, 3.63) is 35.6 Å². The van der Waals surface area contributed by atoms with Crippen molar-refractivity contribution in [2.75, 3.05) is 13.2 Å². The third kappa shape index (κ3) is 3.01. The first-order valence-electron chi connectivity index (χ1n) is 7.22. The van der Waals surface area contributed by atoms with Crippen LogP contribution in [0, 0.1) is 11.7 Å². The fraction of sp³-hybridized carbons (Fsp3) is 0.562. The minimum absolute atomic E-state index is 0.182. The predicted molar refractivity (Wildman–Crippen MR) is 71.7 cm³/mol. The maximum atomic E-state index is 13.0. The van der Waals surface area contributed by atoms with Crippen LogP contribution in [0.15, 0.2) is 24.3 Å². The monoisotopic (exact) mass is 278 g/mol. The second-order valence-corrected chi connectivity index (χ2v) is 5.73. The third-order valence-electron chi connectivity index (χ3n) is 4.24. The topological polar surface area (TPSA) is 35.5 Å². The first-order valence-corrected chi connectivity index (χ1v) is 7.22. The molecule has 108 valence electrons. The first-order chi connectivity index (χ1) is 9.68. The molecule has 0 bridgehead atoms. The number of halogens is 1. The number of ether oxygens (including phenoxy) is 2. The van der Waals surface area contributed by atoms with Crippen LogP contribution in [0.3, 0.4) is 0 Å². The Morgan fingerprint density at radius 2 is 2.30 bits per heavy atom. The molecule has 2 fully saturated rings. The lowest BCUT2D eigenvalue weighted by Crippen LogP contribution is -2.29. The third-order valence-corrected chi connectivity index (χ3v) is 4.24. The van der Waals surface area contributed by atoms with E-state index in [0.29, 0.717) is 25.4 Å². The second-order valence-electron chi connectivity index (χ2n) is 5.73. The van der Waals surface area contributed by atoms with E-state index in [-0.39, 0.29) is 17.4 Å². The molecule has 3 rings (SSSR count). The molecule has 0 unspecified atom stereocenters. The number of esters is 1. The summed E-state index contributed by atoms with van der Waals surface area (Å²) in [4.78, 5) is 12.0. The van der Waals surface area contributed by atoms with Gasteiger partial charge in [-0.25, -0.2) is 4.39 Å². The Balaban J connectivity index is 1.50. The first kappa shape index (κ1) is 13.6. The normalized spacial score (nSPS) is 23.6. The minimum Gasteiger partial charge on any atom is -0.459 e. The van der Waals surface area contributed by atoms with Gasteiger partial charge in [-0.15, -0.1) is 0 Å². The summed E-state index contributed by atoms with van der Waals surface area (Å²) in [5.41, 5.74) is 0.575. The zero-order valence-electron chi connectivity index (χ0n) is 11.4. The largest absolute Gasteiger partial charge is 0.459 e. The van der Waals surface area contributed by atoms with Crippen LogP contribution in [0.1, 0.15) is 31.2 Å². The molecule has 4 heteroatoms. The van der Waals surface area contributed by atoms with E-state index in [2.05, 4.69) is 0 Å². The van der Waals surface area contributed by atoms with E-state index in [0.717, 1.165) is 31.4 Å². The number of hydrogen-bond acceptors (Lipinski definition) is 3. The smallest absolute Gasteiger partial charge is 0.306 e. The van der Waals surface area contributed by atoms with E-state index in [1.54, 1.807) is 6.07 Å². The summed E-state index contributed by atoms with van der Waals surface area (Å²) >= 11 is 0. The number of aryl methyl sites for hydroxylation is 1. The maximum Gasteiger partial charge on any atom is 0.306 e. The maximum absolute atomic E-state index is 13.0. The standard InChI is InChI=1S/C16H19FO3/c17-14-3-1-2-12(10-14)4-5-15(18)20-16(7-8-16)13-6-9-19-11-13/h1-3,10,13H,4-9,11H2/t13-/m0/s1. The molecule has 0 spiro atoms. The molecule has 2 aliphatic rings. The molecule has 1 aliphatic heterocycles. The van der Waals surface area contributed by atoms with Crippen molar-refractivity contribution in [1.29, 1.82) is 0 Å². The summed E-state index contributed by atoms with van der Waals surface area (Å²) in [7, 11) is 0. The van der Waals surface area contributed by atoms with Crippen molar-refractivity contribution >= 4 is 5.97 Å².